The van der Waals surface area contributed by atoms with Gasteiger partial charge >= 0.3 is 0 Å². The van der Waals surface area contributed by atoms with E-state index in [9.17, 15) is 25.3 Å². The minimum atomic E-state index is -4.13. The van der Waals surface area contributed by atoms with Crippen molar-refractivity contribution in [1.82, 2.24) is 4.72 Å². The van der Waals surface area contributed by atoms with Crippen LogP contribution in [0.5, 0.6) is 0 Å². The minimum absolute atomic E-state index is 0.0566. The Morgan fingerprint density at radius 2 is 1.33 bits per heavy atom. The molecule has 0 bridgehead atoms. The Hall–Kier alpha value is -2.05. The van der Waals surface area contributed by atoms with Crippen molar-refractivity contribution in [3.8, 4) is 0 Å². The molecular formula is C19H19NO6S4. The smallest absolute Gasteiger partial charge is 0.217 e. The standard InChI is InChI=1S/C19H19NO6S4/c1-14(20-28(2,21)22)15-9-11-16(12-10-15)29(23,24)17-6-3-4-7-18(17)30(25,26)19-8-5-13-27-19/h3-14,20H,1-2H3/t14-/m0/s1. The maximum Gasteiger partial charge on any atom is 0.217 e. The van der Waals surface area contributed by atoms with Gasteiger partial charge < -0.3 is 0 Å². The van der Waals surface area contributed by atoms with E-state index < -0.39 is 35.7 Å². The van der Waals surface area contributed by atoms with Crippen molar-refractivity contribution in [2.45, 2.75) is 31.9 Å². The highest BCUT2D eigenvalue weighted by atomic mass is 32.2. The van der Waals surface area contributed by atoms with Crippen molar-refractivity contribution >= 4 is 41.0 Å². The van der Waals surface area contributed by atoms with Crippen LogP contribution in [0.15, 0.2) is 84.9 Å². The molecule has 3 rings (SSSR count). The second kappa shape index (κ2) is 8.23. The van der Waals surface area contributed by atoms with Gasteiger partial charge in [-0.25, -0.2) is 30.0 Å². The molecule has 1 N–H and O–H groups in total. The number of rotatable bonds is 7. The molecule has 1 aromatic heterocycles. The molecule has 0 spiro atoms. The van der Waals surface area contributed by atoms with E-state index >= 15 is 0 Å². The monoisotopic (exact) mass is 485 g/mol. The van der Waals surface area contributed by atoms with Crippen molar-refractivity contribution in [3.63, 3.8) is 0 Å². The van der Waals surface area contributed by atoms with Crippen LogP contribution in [0, 0.1) is 0 Å². The molecule has 3 aromatic rings. The minimum Gasteiger partial charge on any atom is -0.218 e. The van der Waals surface area contributed by atoms with Gasteiger partial charge in [-0.1, -0.05) is 30.3 Å². The first-order chi connectivity index (χ1) is 13.9. The van der Waals surface area contributed by atoms with Crippen LogP contribution in [-0.4, -0.2) is 31.5 Å². The molecule has 0 unspecified atom stereocenters. The Kier molecular flexibility index (Phi) is 6.21. The molecule has 1 heterocycles. The van der Waals surface area contributed by atoms with E-state index in [0.29, 0.717) is 5.56 Å². The number of benzene rings is 2. The first kappa shape index (κ1) is 22.6. The molecule has 0 fully saturated rings. The zero-order valence-corrected chi connectivity index (χ0v) is 19.3. The third kappa shape index (κ3) is 4.65. The quantitative estimate of drug-likeness (QED) is 0.550. The molecule has 0 amide bonds. The molecule has 2 aromatic carbocycles. The van der Waals surface area contributed by atoms with Crippen molar-refractivity contribution in [3.05, 3.63) is 71.6 Å². The normalized spacial score (nSPS) is 13.8. The topological polar surface area (TPSA) is 114 Å². The van der Waals surface area contributed by atoms with Crippen LogP contribution in [0.1, 0.15) is 18.5 Å². The maximum atomic E-state index is 13.2. The molecule has 0 aliphatic rings. The van der Waals surface area contributed by atoms with Gasteiger partial charge in [-0.3, -0.25) is 0 Å². The van der Waals surface area contributed by atoms with Crippen molar-refractivity contribution in [2.24, 2.45) is 0 Å². The largest absolute Gasteiger partial charge is 0.218 e. The third-order valence-electron chi connectivity index (χ3n) is 4.27. The lowest BCUT2D eigenvalue weighted by Gasteiger charge is -2.14. The molecule has 1 atom stereocenters. The van der Waals surface area contributed by atoms with Crippen molar-refractivity contribution < 1.29 is 25.3 Å². The fourth-order valence-electron chi connectivity index (χ4n) is 2.87. The van der Waals surface area contributed by atoms with Gasteiger partial charge in [0, 0.05) is 6.04 Å². The van der Waals surface area contributed by atoms with Crippen molar-refractivity contribution in [1.29, 1.82) is 0 Å². The zero-order chi connectivity index (χ0) is 22.2. The van der Waals surface area contributed by atoms with Crippen LogP contribution >= 0.6 is 11.3 Å². The Bertz CT molecular complexity index is 1360. The second-order valence-electron chi connectivity index (χ2n) is 6.57. The van der Waals surface area contributed by atoms with Gasteiger partial charge in [0.05, 0.1) is 20.9 Å². The molecule has 30 heavy (non-hydrogen) atoms. The SMILES string of the molecule is C[C@H](NS(C)(=O)=O)c1ccc(S(=O)(=O)c2ccccc2S(=O)(=O)c2cccs2)cc1. The summed E-state index contributed by atoms with van der Waals surface area (Å²) in [5.41, 5.74) is 0.568. The van der Waals surface area contributed by atoms with Crippen LogP contribution in [-0.2, 0) is 29.7 Å². The van der Waals surface area contributed by atoms with Gasteiger partial charge in [-0.15, -0.1) is 11.3 Å². The van der Waals surface area contributed by atoms with Gasteiger partial charge in [0.15, 0.2) is 0 Å². The highest BCUT2D eigenvalue weighted by Gasteiger charge is 2.29. The first-order valence-corrected chi connectivity index (χ1v) is 14.4. The van der Waals surface area contributed by atoms with Gasteiger partial charge in [-0.2, -0.15) is 0 Å². The Labute approximate surface area is 180 Å². The Balaban J connectivity index is 2.04. The van der Waals surface area contributed by atoms with E-state index in [4.69, 9.17) is 0 Å². The van der Waals surface area contributed by atoms with Crippen molar-refractivity contribution in [2.75, 3.05) is 6.26 Å². The van der Waals surface area contributed by atoms with E-state index in [-0.39, 0.29) is 18.9 Å². The molecule has 0 aliphatic carbocycles. The predicted molar refractivity (Wildman–Crippen MR) is 115 cm³/mol. The average Bonchev–Trinajstić information content (AvgIpc) is 3.22. The molecule has 0 saturated heterocycles. The number of thiophene rings is 1. The number of hydrogen-bond donors (Lipinski definition) is 1. The Morgan fingerprint density at radius 3 is 1.83 bits per heavy atom. The summed E-state index contributed by atoms with van der Waals surface area (Å²) in [6.45, 7) is 1.63. The number of sulfone groups is 2. The summed E-state index contributed by atoms with van der Waals surface area (Å²) in [5, 5.41) is 1.61. The number of sulfonamides is 1. The number of nitrogens with one attached hydrogen (secondary N) is 1. The third-order valence-corrected chi connectivity index (χ3v) is 10.2. The lowest BCUT2D eigenvalue weighted by Crippen LogP contribution is -2.25. The van der Waals surface area contributed by atoms with Crippen LogP contribution in [0.4, 0.5) is 0 Å². The molecular weight excluding hydrogens is 466 g/mol. The highest BCUT2D eigenvalue weighted by Crippen LogP contribution is 2.33. The fourth-order valence-corrected chi connectivity index (χ4v) is 8.10. The summed E-state index contributed by atoms with van der Waals surface area (Å²) in [7, 11) is -11.6. The van der Waals surface area contributed by atoms with Gasteiger partial charge in [0.25, 0.3) is 0 Å². The first-order valence-electron chi connectivity index (χ1n) is 8.63. The maximum absolute atomic E-state index is 13.2. The molecule has 0 saturated carbocycles. The van der Waals surface area contributed by atoms with E-state index in [1.54, 1.807) is 18.4 Å². The average molecular weight is 486 g/mol. The summed E-state index contributed by atoms with van der Waals surface area (Å²) in [6.07, 6.45) is 1.04. The van der Waals surface area contributed by atoms with Gasteiger partial charge in [0.1, 0.15) is 4.21 Å². The van der Waals surface area contributed by atoms with Crippen LogP contribution in [0.2, 0.25) is 0 Å². The number of hydrogen-bond acceptors (Lipinski definition) is 7. The fraction of sp³-hybridized carbons (Fsp3) is 0.158. The zero-order valence-electron chi connectivity index (χ0n) is 16.0. The van der Waals surface area contributed by atoms with E-state index in [0.717, 1.165) is 17.6 Å². The highest BCUT2D eigenvalue weighted by molar-refractivity contribution is 7.95. The summed E-state index contributed by atoms with van der Waals surface area (Å²) in [4.78, 5) is -0.691. The van der Waals surface area contributed by atoms with E-state index in [1.165, 1.54) is 54.6 Å². The Morgan fingerprint density at radius 1 is 0.767 bits per heavy atom. The van der Waals surface area contributed by atoms with Crippen LogP contribution in [0.25, 0.3) is 0 Å². The summed E-state index contributed by atoms with van der Waals surface area (Å²) < 4.78 is 77.6. The lowest BCUT2D eigenvalue weighted by molar-refractivity contribution is 0.572. The summed E-state index contributed by atoms with van der Waals surface area (Å²) in [6, 6.07) is 13.6. The van der Waals surface area contributed by atoms with E-state index in [2.05, 4.69) is 4.72 Å². The van der Waals surface area contributed by atoms with Gasteiger partial charge in [0.2, 0.25) is 29.7 Å². The second-order valence-corrected chi connectivity index (χ2v) is 13.4. The molecule has 7 nitrogen and oxygen atoms in total. The summed E-state index contributed by atoms with van der Waals surface area (Å²) >= 11 is 1.01. The molecule has 0 aliphatic heterocycles. The van der Waals surface area contributed by atoms with E-state index in [1.807, 2.05) is 0 Å². The van der Waals surface area contributed by atoms with Gasteiger partial charge in [-0.05, 0) is 48.2 Å². The molecule has 160 valence electrons. The molecule has 11 heteroatoms. The predicted octanol–water partition coefficient (Wildman–Crippen LogP) is 3.02. The van der Waals surface area contributed by atoms with Crippen LogP contribution < -0.4 is 4.72 Å². The van der Waals surface area contributed by atoms with Crippen LogP contribution in [0.3, 0.4) is 0 Å². The lowest BCUT2D eigenvalue weighted by atomic mass is 10.1. The summed E-state index contributed by atoms with van der Waals surface area (Å²) in [5.74, 6) is 0. The molecule has 0 radical (unpaired) electrons.